The van der Waals surface area contributed by atoms with Gasteiger partial charge in [-0.2, -0.15) is 4.91 Å². The molecule has 0 amide bonds. The second-order valence-electron chi connectivity index (χ2n) is 6.01. The molecule has 3 atom stereocenters. The Hall–Kier alpha value is -0.610. The molecule has 0 aromatic carbocycles. The summed E-state index contributed by atoms with van der Waals surface area (Å²) in [5.74, 6) is 7.49. The summed E-state index contributed by atoms with van der Waals surface area (Å²) in [6.45, 7) is 1.94. The van der Waals surface area contributed by atoms with Crippen LogP contribution >= 0.6 is 46.6 Å². The lowest BCUT2D eigenvalue weighted by Gasteiger charge is -2.29. The van der Waals surface area contributed by atoms with Gasteiger partial charge in [-0.1, -0.05) is 46.9 Å². The lowest BCUT2D eigenvalue weighted by Crippen LogP contribution is -2.47. The van der Waals surface area contributed by atoms with Gasteiger partial charge in [0.25, 0.3) is 0 Å². The molecule has 148 valence electrons. The molecule has 0 radical (unpaired) electrons. The summed E-state index contributed by atoms with van der Waals surface area (Å²) in [5.41, 5.74) is 2.77. The maximum absolute atomic E-state index is 10.7. The second kappa shape index (κ2) is 10.1. The number of rotatable bonds is 8. The van der Waals surface area contributed by atoms with E-state index in [1.54, 1.807) is 11.8 Å². The largest absolute Gasteiger partial charge is 0.473 e. The molecule has 5 N–H and O–H groups in total. The number of alkyl halides is 3. The zero-order valence-corrected chi connectivity index (χ0v) is 17.4. The first-order valence-electron chi connectivity index (χ1n) is 8.32. The van der Waals surface area contributed by atoms with E-state index in [0.717, 1.165) is 25.0 Å². The molecule has 1 fully saturated rings. The highest BCUT2D eigenvalue weighted by Crippen LogP contribution is 2.28. The van der Waals surface area contributed by atoms with Gasteiger partial charge in [0.05, 0.1) is 6.04 Å². The predicted octanol–water partition coefficient (Wildman–Crippen LogP) is 2.71. The summed E-state index contributed by atoms with van der Waals surface area (Å²) in [4.78, 5) is 15.4. The Morgan fingerprint density at radius 2 is 2.23 bits per heavy atom. The number of thioether (sulfide) groups is 1. The van der Waals surface area contributed by atoms with E-state index in [-0.39, 0.29) is 24.2 Å². The molecule has 0 bridgehead atoms. The van der Waals surface area contributed by atoms with Crippen LogP contribution in [0, 0.1) is 4.91 Å². The lowest BCUT2D eigenvalue weighted by atomic mass is 10.2. The van der Waals surface area contributed by atoms with Crippen molar-refractivity contribution in [2.45, 2.75) is 54.0 Å². The van der Waals surface area contributed by atoms with Crippen LogP contribution in [0.15, 0.2) is 21.7 Å². The molecule has 0 spiro atoms. The number of halogens is 3. The molecule has 1 aliphatic heterocycles. The van der Waals surface area contributed by atoms with Crippen LogP contribution in [0.1, 0.15) is 32.6 Å². The van der Waals surface area contributed by atoms with Crippen molar-refractivity contribution in [2.75, 3.05) is 12.4 Å². The van der Waals surface area contributed by atoms with Gasteiger partial charge in [0.15, 0.2) is 17.0 Å². The van der Waals surface area contributed by atoms with E-state index < -0.39 is 3.79 Å². The van der Waals surface area contributed by atoms with Crippen LogP contribution in [0.2, 0.25) is 0 Å². The fraction of sp³-hybridized carbons (Fsp3) is 0.786. The Morgan fingerprint density at radius 1 is 1.46 bits per heavy atom. The van der Waals surface area contributed by atoms with Crippen LogP contribution in [0.25, 0.3) is 0 Å². The first-order chi connectivity index (χ1) is 12.4. The Morgan fingerprint density at radius 3 is 2.81 bits per heavy atom. The monoisotopic (exact) mass is 444 g/mol. The van der Waals surface area contributed by atoms with Crippen molar-refractivity contribution in [3.8, 4) is 0 Å². The third kappa shape index (κ3) is 6.53. The molecular formula is C14H23Cl3N6O2S. The third-order valence-corrected chi connectivity index (χ3v) is 5.37. The van der Waals surface area contributed by atoms with E-state index in [2.05, 4.69) is 33.2 Å². The van der Waals surface area contributed by atoms with E-state index in [0.29, 0.717) is 23.8 Å². The van der Waals surface area contributed by atoms with Gasteiger partial charge >= 0.3 is 0 Å². The number of nitrogens with zero attached hydrogens (tertiary/aromatic N) is 2. The molecule has 0 saturated heterocycles. The highest BCUT2D eigenvalue weighted by molar-refractivity contribution is 7.99. The number of aliphatic imine (C=N–C) groups is 1. The van der Waals surface area contributed by atoms with Crippen molar-refractivity contribution in [3.05, 3.63) is 16.5 Å². The molecule has 8 nitrogen and oxygen atoms in total. The van der Waals surface area contributed by atoms with E-state index in [1.165, 1.54) is 0 Å². The fourth-order valence-electron chi connectivity index (χ4n) is 2.70. The summed E-state index contributed by atoms with van der Waals surface area (Å²) in [6.07, 6.45) is 3.25. The molecule has 12 heteroatoms. The molecule has 2 aliphatic rings. The van der Waals surface area contributed by atoms with Crippen LogP contribution in [-0.4, -0.2) is 39.6 Å². The Bertz CT molecular complexity index is 557. The standard InChI is InChI=1S/C14H23Cl3N6O2S/c1-2-5-26-13-20-11(19-8-3-4-9(6-8)23-24)10(22-18)12(21-13)25-7-14(15,16)17/h8-9,13,21-22H,2-7,18H2,1H3,(H,19,20)/t8-,9+,13?/m0/s1. The maximum Gasteiger partial charge on any atom is 0.224 e. The number of hydrogen-bond acceptors (Lipinski definition) is 9. The van der Waals surface area contributed by atoms with E-state index >= 15 is 0 Å². The van der Waals surface area contributed by atoms with E-state index in [1.807, 2.05) is 0 Å². The van der Waals surface area contributed by atoms with Crippen LogP contribution in [0.3, 0.4) is 0 Å². The van der Waals surface area contributed by atoms with Gasteiger partial charge in [-0.3, -0.25) is 5.84 Å². The molecule has 0 aromatic rings. The summed E-state index contributed by atoms with van der Waals surface area (Å²) in [5, 5.41) is 9.61. The predicted molar refractivity (Wildman–Crippen MR) is 108 cm³/mol. The minimum Gasteiger partial charge on any atom is -0.473 e. The van der Waals surface area contributed by atoms with Gasteiger partial charge in [-0.25, -0.2) is 4.99 Å². The summed E-state index contributed by atoms with van der Waals surface area (Å²) < 4.78 is 4.07. The molecule has 1 saturated carbocycles. The Balaban J connectivity index is 2.15. The van der Waals surface area contributed by atoms with Gasteiger partial charge in [-0.15, -0.1) is 11.8 Å². The topological polar surface area (TPSA) is 113 Å². The number of ether oxygens (including phenoxy) is 1. The number of nitrogens with one attached hydrogen (secondary N) is 3. The van der Waals surface area contributed by atoms with Gasteiger partial charge in [0, 0.05) is 6.04 Å². The molecule has 0 aromatic heterocycles. The number of hydrazine groups is 1. The van der Waals surface area contributed by atoms with Crippen LogP contribution in [0.4, 0.5) is 0 Å². The first-order valence-corrected chi connectivity index (χ1v) is 10.5. The summed E-state index contributed by atoms with van der Waals surface area (Å²) in [6, 6.07) is -0.0810. The Labute approximate surface area is 171 Å². The summed E-state index contributed by atoms with van der Waals surface area (Å²) in [7, 11) is 0. The summed E-state index contributed by atoms with van der Waals surface area (Å²) >= 11 is 19.0. The average molecular weight is 446 g/mol. The fourth-order valence-corrected chi connectivity index (χ4v) is 3.70. The zero-order chi connectivity index (χ0) is 19.2. The average Bonchev–Trinajstić information content (AvgIpc) is 3.05. The number of amidine groups is 1. The normalized spacial score (nSPS) is 26.2. The molecular weight excluding hydrogens is 423 g/mol. The zero-order valence-electron chi connectivity index (χ0n) is 14.3. The number of nitroso groups, excluding NO2 is 1. The van der Waals surface area contributed by atoms with Crippen LogP contribution < -0.4 is 21.9 Å². The van der Waals surface area contributed by atoms with Gasteiger partial charge in [0.1, 0.15) is 6.61 Å². The molecule has 2 rings (SSSR count). The molecule has 26 heavy (non-hydrogen) atoms. The lowest BCUT2D eigenvalue weighted by molar-refractivity contribution is 0.189. The SMILES string of the molecule is CCCSC1N=C(N[C@H]2CC[C@@H](N=O)C2)C(NN)=C(OCC(Cl)(Cl)Cl)N1. The van der Waals surface area contributed by atoms with E-state index in [4.69, 9.17) is 45.4 Å². The van der Waals surface area contributed by atoms with Gasteiger partial charge in [0.2, 0.25) is 9.68 Å². The van der Waals surface area contributed by atoms with Crippen molar-refractivity contribution < 1.29 is 4.74 Å². The van der Waals surface area contributed by atoms with Gasteiger partial charge in [-0.05, 0) is 31.4 Å². The van der Waals surface area contributed by atoms with Crippen LogP contribution in [0.5, 0.6) is 0 Å². The molecule has 1 aliphatic carbocycles. The maximum atomic E-state index is 10.7. The first kappa shape index (κ1) is 21.7. The minimum absolute atomic E-state index is 0.0872. The molecule has 1 heterocycles. The van der Waals surface area contributed by atoms with Crippen molar-refractivity contribution in [1.29, 1.82) is 0 Å². The quantitative estimate of drug-likeness (QED) is 0.197. The van der Waals surface area contributed by atoms with Crippen molar-refractivity contribution in [3.63, 3.8) is 0 Å². The smallest absolute Gasteiger partial charge is 0.224 e. The third-order valence-electron chi connectivity index (χ3n) is 3.86. The van der Waals surface area contributed by atoms with Crippen molar-refractivity contribution in [2.24, 2.45) is 16.0 Å². The number of hydrogen-bond donors (Lipinski definition) is 4. The highest BCUT2D eigenvalue weighted by Gasteiger charge is 2.31. The van der Waals surface area contributed by atoms with Crippen molar-refractivity contribution >= 4 is 52.4 Å². The Kier molecular flexibility index (Phi) is 8.41. The molecule has 1 unspecified atom stereocenters. The second-order valence-corrected chi connectivity index (χ2v) is 9.72. The minimum atomic E-state index is -1.56. The van der Waals surface area contributed by atoms with Crippen LogP contribution in [-0.2, 0) is 4.74 Å². The van der Waals surface area contributed by atoms with Gasteiger partial charge < -0.3 is 20.8 Å². The van der Waals surface area contributed by atoms with Crippen molar-refractivity contribution in [1.82, 2.24) is 16.1 Å². The number of nitrogens with two attached hydrogens (primary N) is 1. The highest BCUT2D eigenvalue weighted by atomic mass is 35.6. The van der Waals surface area contributed by atoms with E-state index in [9.17, 15) is 4.91 Å².